The van der Waals surface area contributed by atoms with Gasteiger partial charge in [0, 0.05) is 11.5 Å². The summed E-state index contributed by atoms with van der Waals surface area (Å²) in [6.07, 6.45) is 0.936. The van der Waals surface area contributed by atoms with Gasteiger partial charge in [0.2, 0.25) is 0 Å². The fraction of sp³-hybridized carbons (Fsp3) is 0.533. The van der Waals surface area contributed by atoms with Gasteiger partial charge < -0.3 is 10.4 Å². The zero-order valence-corrected chi connectivity index (χ0v) is 12.7. The molecule has 1 aromatic carbocycles. The lowest BCUT2D eigenvalue weighted by Gasteiger charge is -2.26. The van der Waals surface area contributed by atoms with E-state index >= 15 is 0 Å². The van der Waals surface area contributed by atoms with Crippen LogP contribution in [0.25, 0.3) is 0 Å². The molecule has 1 rings (SSSR count). The SMILES string of the molecule is CCCNC(C)(CSCc1ccccc1C)C(=O)O. The highest BCUT2D eigenvalue weighted by atomic mass is 32.2. The Morgan fingerprint density at radius 2 is 2.11 bits per heavy atom. The summed E-state index contributed by atoms with van der Waals surface area (Å²) in [6, 6.07) is 8.23. The van der Waals surface area contributed by atoms with E-state index in [-0.39, 0.29) is 0 Å². The van der Waals surface area contributed by atoms with Crippen molar-refractivity contribution in [3.63, 3.8) is 0 Å². The van der Waals surface area contributed by atoms with E-state index in [1.54, 1.807) is 18.7 Å². The minimum atomic E-state index is -0.844. The third-order valence-electron chi connectivity index (χ3n) is 3.15. The third kappa shape index (κ3) is 4.88. The summed E-state index contributed by atoms with van der Waals surface area (Å²) >= 11 is 1.66. The number of rotatable bonds is 8. The number of aryl methyl sites for hydroxylation is 1. The molecule has 2 N–H and O–H groups in total. The summed E-state index contributed by atoms with van der Waals surface area (Å²) < 4.78 is 0. The summed E-state index contributed by atoms with van der Waals surface area (Å²) in [5.41, 5.74) is 1.69. The Bertz CT molecular complexity index is 422. The number of hydrogen-bond acceptors (Lipinski definition) is 3. The quantitative estimate of drug-likeness (QED) is 0.769. The van der Waals surface area contributed by atoms with Crippen molar-refractivity contribution in [2.24, 2.45) is 0 Å². The smallest absolute Gasteiger partial charge is 0.324 e. The second kappa shape index (κ2) is 7.56. The predicted molar refractivity (Wildman–Crippen MR) is 81.7 cm³/mol. The lowest BCUT2D eigenvalue weighted by molar-refractivity contribution is -0.143. The molecule has 1 unspecified atom stereocenters. The zero-order valence-electron chi connectivity index (χ0n) is 11.9. The van der Waals surface area contributed by atoms with Crippen LogP contribution < -0.4 is 5.32 Å². The van der Waals surface area contributed by atoms with Crippen molar-refractivity contribution in [2.75, 3.05) is 12.3 Å². The molecule has 0 aliphatic heterocycles. The van der Waals surface area contributed by atoms with E-state index in [0.717, 1.165) is 18.7 Å². The minimum Gasteiger partial charge on any atom is -0.480 e. The van der Waals surface area contributed by atoms with Gasteiger partial charge in [0.15, 0.2) is 0 Å². The van der Waals surface area contributed by atoms with Crippen molar-refractivity contribution < 1.29 is 9.90 Å². The third-order valence-corrected chi connectivity index (χ3v) is 4.44. The maximum absolute atomic E-state index is 11.4. The Balaban J connectivity index is 2.53. The van der Waals surface area contributed by atoms with Gasteiger partial charge in [-0.3, -0.25) is 4.79 Å². The number of aliphatic carboxylic acids is 1. The van der Waals surface area contributed by atoms with Crippen LogP contribution in [0.4, 0.5) is 0 Å². The molecule has 1 atom stereocenters. The summed E-state index contributed by atoms with van der Waals surface area (Å²) in [5.74, 6) is 0.637. The topological polar surface area (TPSA) is 49.3 Å². The average molecular weight is 281 g/mol. The van der Waals surface area contributed by atoms with Gasteiger partial charge in [-0.25, -0.2) is 0 Å². The molecule has 0 fully saturated rings. The Morgan fingerprint density at radius 1 is 1.42 bits per heavy atom. The van der Waals surface area contributed by atoms with Gasteiger partial charge in [-0.1, -0.05) is 31.2 Å². The minimum absolute atomic E-state index is 0.566. The molecule has 4 heteroatoms. The van der Waals surface area contributed by atoms with E-state index in [0.29, 0.717) is 5.75 Å². The molecule has 0 radical (unpaired) electrons. The van der Waals surface area contributed by atoms with Gasteiger partial charge in [0.25, 0.3) is 0 Å². The maximum atomic E-state index is 11.4. The molecule has 3 nitrogen and oxygen atoms in total. The lowest BCUT2D eigenvalue weighted by atomic mass is 10.1. The van der Waals surface area contributed by atoms with Gasteiger partial charge in [0.1, 0.15) is 5.54 Å². The number of carboxylic acid groups (broad SMARTS) is 1. The first-order valence-electron chi connectivity index (χ1n) is 6.60. The molecule has 19 heavy (non-hydrogen) atoms. The van der Waals surface area contributed by atoms with Crippen LogP contribution in [-0.4, -0.2) is 28.9 Å². The Hall–Kier alpha value is -1.00. The van der Waals surface area contributed by atoms with Crippen LogP contribution in [0.15, 0.2) is 24.3 Å². The molecule has 0 heterocycles. The van der Waals surface area contributed by atoms with E-state index in [9.17, 15) is 9.90 Å². The highest BCUT2D eigenvalue weighted by Crippen LogP contribution is 2.20. The van der Waals surface area contributed by atoms with Crippen molar-refractivity contribution in [2.45, 2.75) is 38.5 Å². The molecule has 0 spiro atoms. The van der Waals surface area contributed by atoms with E-state index in [1.165, 1.54) is 11.1 Å². The van der Waals surface area contributed by atoms with Crippen molar-refractivity contribution in [3.8, 4) is 0 Å². The normalized spacial score (nSPS) is 14.1. The van der Waals surface area contributed by atoms with Crippen LogP contribution in [0.3, 0.4) is 0 Å². The van der Waals surface area contributed by atoms with E-state index < -0.39 is 11.5 Å². The molecule has 0 saturated carbocycles. The Morgan fingerprint density at radius 3 is 2.68 bits per heavy atom. The highest BCUT2D eigenvalue weighted by molar-refractivity contribution is 7.98. The van der Waals surface area contributed by atoms with Crippen LogP contribution >= 0.6 is 11.8 Å². The molecule has 0 aliphatic carbocycles. The molecule has 0 bridgehead atoms. The summed E-state index contributed by atoms with van der Waals surface area (Å²) in [4.78, 5) is 11.4. The molecule has 1 aromatic rings. The molecule has 0 saturated heterocycles. The molecule has 106 valence electrons. The molecular weight excluding hydrogens is 258 g/mol. The van der Waals surface area contributed by atoms with Crippen molar-refractivity contribution in [3.05, 3.63) is 35.4 Å². The van der Waals surface area contributed by atoms with Gasteiger partial charge in [-0.2, -0.15) is 11.8 Å². The Kier molecular flexibility index (Phi) is 6.38. The van der Waals surface area contributed by atoms with E-state index in [4.69, 9.17) is 0 Å². The number of carboxylic acids is 1. The summed E-state index contributed by atoms with van der Waals surface area (Å²) in [7, 11) is 0. The van der Waals surface area contributed by atoms with Crippen LogP contribution in [-0.2, 0) is 10.5 Å². The van der Waals surface area contributed by atoms with Gasteiger partial charge in [-0.15, -0.1) is 0 Å². The second-order valence-electron chi connectivity index (χ2n) is 4.98. The van der Waals surface area contributed by atoms with Gasteiger partial charge in [0.05, 0.1) is 0 Å². The lowest BCUT2D eigenvalue weighted by Crippen LogP contribution is -2.52. The van der Waals surface area contributed by atoms with Crippen molar-refractivity contribution in [1.82, 2.24) is 5.32 Å². The van der Waals surface area contributed by atoms with Crippen molar-refractivity contribution in [1.29, 1.82) is 0 Å². The van der Waals surface area contributed by atoms with Crippen LogP contribution in [0.5, 0.6) is 0 Å². The number of benzene rings is 1. The fourth-order valence-electron chi connectivity index (χ4n) is 1.73. The average Bonchev–Trinajstić information content (AvgIpc) is 2.38. The molecular formula is C15H23NO2S. The Labute approximate surface area is 119 Å². The zero-order chi connectivity index (χ0) is 14.3. The van der Waals surface area contributed by atoms with Crippen LogP contribution in [0, 0.1) is 6.92 Å². The standard InChI is InChI=1S/C15H23NO2S/c1-4-9-16-15(3,14(17)18)11-19-10-13-8-6-5-7-12(13)2/h5-8,16H,4,9-11H2,1-3H3,(H,17,18). The van der Waals surface area contributed by atoms with Gasteiger partial charge in [-0.05, 0) is 37.9 Å². The second-order valence-corrected chi connectivity index (χ2v) is 5.97. The molecule has 0 amide bonds. The highest BCUT2D eigenvalue weighted by Gasteiger charge is 2.31. The first-order chi connectivity index (χ1) is 8.99. The van der Waals surface area contributed by atoms with E-state index in [2.05, 4.69) is 24.4 Å². The van der Waals surface area contributed by atoms with E-state index in [1.807, 2.05) is 19.1 Å². The summed E-state index contributed by atoms with van der Waals surface area (Å²) in [5, 5.41) is 12.5. The number of carbonyl (C=O) groups is 1. The van der Waals surface area contributed by atoms with Crippen LogP contribution in [0.2, 0.25) is 0 Å². The predicted octanol–water partition coefficient (Wildman–Crippen LogP) is 3.07. The maximum Gasteiger partial charge on any atom is 0.324 e. The largest absolute Gasteiger partial charge is 0.480 e. The number of nitrogens with one attached hydrogen (secondary N) is 1. The first-order valence-corrected chi connectivity index (χ1v) is 7.75. The monoisotopic (exact) mass is 281 g/mol. The van der Waals surface area contributed by atoms with Crippen molar-refractivity contribution >= 4 is 17.7 Å². The summed E-state index contributed by atoms with van der Waals surface area (Å²) in [6.45, 7) is 6.61. The van der Waals surface area contributed by atoms with Gasteiger partial charge >= 0.3 is 5.97 Å². The van der Waals surface area contributed by atoms with Crippen LogP contribution in [0.1, 0.15) is 31.4 Å². The molecule has 0 aliphatic rings. The number of thioether (sulfide) groups is 1. The fourth-order valence-corrected chi connectivity index (χ4v) is 3.01. The number of hydrogen-bond donors (Lipinski definition) is 2. The molecule has 0 aromatic heterocycles. The first kappa shape index (κ1) is 16.1.